The van der Waals surface area contributed by atoms with E-state index < -0.39 is 0 Å². The van der Waals surface area contributed by atoms with Gasteiger partial charge >= 0.3 is 6.01 Å². The zero-order chi connectivity index (χ0) is 12.3. The van der Waals surface area contributed by atoms with Gasteiger partial charge in [0.05, 0.1) is 7.11 Å². The van der Waals surface area contributed by atoms with Crippen molar-refractivity contribution in [2.24, 2.45) is 0 Å². The van der Waals surface area contributed by atoms with Crippen molar-refractivity contribution >= 4 is 17.5 Å². The number of nitrogens with one attached hydrogen (secondary N) is 1. The van der Waals surface area contributed by atoms with Gasteiger partial charge in [0.25, 0.3) is 0 Å². The average Bonchev–Trinajstić information content (AvgIpc) is 2.71. The molecular weight excluding hydrogens is 242 g/mol. The van der Waals surface area contributed by atoms with Crippen LogP contribution in [0.2, 0.25) is 5.28 Å². The molecule has 17 heavy (non-hydrogen) atoms. The van der Waals surface area contributed by atoms with Gasteiger partial charge in [0, 0.05) is 12.6 Å². The van der Waals surface area contributed by atoms with E-state index in [4.69, 9.17) is 16.3 Å². The highest BCUT2D eigenvalue weighted by atomic mass is 35.5. The largest absolute Gasteiger partial charge is 0.467 e. The third-order valence-corrected chi connectivity index (χ3v) is 3.11. The molecule has 0 bridgehead atoms. The highest BCUT2D eigenvalue weighted by Gasteiger charge is 2.20. The van der Waals surface area contributed by atoms with Crippen LogP contribution in [0.25, 0.3) is 0 Å². The van der Waals surface area contributed by atoms with Crippen LogP contribution < -0.4 is 10.1 Å². The number of anilines is 1. The number of aromatic nitrogens is 3. The second-order valence-electron chi connectivity index (χ2n) is 4.07. The monoisotopic (exact) mass is 257 g/mol. The standard InChI is InChI=1S/C10H16ClN5O/c1-16-5-3-4-7(16)6-12-9-13-8(11)14-10(15-9)17-2/h7H,3-6H2,1-2H3,(H,12,13,14,15). The van der Waals surface area contributed by atoms with Crippen LogP contribution in [-0.2, 0) is 0 Å². The van der Waals surface area contributed by atoms with E-state index in [1.807, 2.05) is 0 Å². The summed E-state index contributed by atoms with van der Waals surface area (Å²) < 4.78 is 4.93. The third kappa shape index (κ3) is 3.17. The number of nitrogens with zero attached hydrogens (tertiary/aromatic N) is 4. The molecule has 1 aliphatic heterocycles. The molecule has 2 heterocycles. The smallest absolute Gasteiger partial charge is 0.322 e. The van der Waals surface area contributed by atoms with Crippen molar-refractivity contribution < 1.29 is 4.74 Å². The minimum Gasteiger partial charge on any atom is -0.467 e. The van der Waals surface area contributed by atoms with E-state index in [1.165, 1.54) is 20.0 Å². The van der Waals surface area contributed by atoms with Gasteiger partial charge < -0.3 is 15.0 Å². The number of methoxy groups -OCH3 is 1. The van der Waals surface area contributed by atoms with Gasteiger partial charge in [0.1, 0.15) is 0 Å². The predicted molar refractivity (Wildman–Crippen MR) is 65.5 cm³/mol. The van der Waals surface area contributed by atoms with E-state index in [-0.39, 0.29) is 11.3 Å². The summed E-state index contributed by atoms with van der Waals surface area (Å²) in [6, 6.07) is 0.754. The van der Waals surface area contributed by atoms with Gasteiger partial charge in [0.15, 0.2) is 0 Å². The Morgan fingerprint density at radius 3 is 2.94 bits per heavy atom. The summed E-state index contributed by atoms with van der Waals surface area (Å²) in [5.74, 6) is 0.460. The van der Waals surface area contributed by atoms with E-state index in [9.17, 15) is 0 Å². The molecule has 0 amide bonds. The van der Waals surface area contributed by atoms with E-state index >= 15 is 0 Å². The maximum absolute atomic E-state index is 5.76. The molecule has 1 aromatic rings. The van der Waals surface area contributed by atoms with Crippen LogP contribution in [0, 0.1) is 0 Å². The Morgan fingerprint density at radius 1 is 1.47 bits per heavy atom. The van der Waals surface area contributed by atoms with Crippen molar-refractivity contribution in [1.82, 2.24) is 19.9 Å². The van der Waals surface area contributed by atoms with Gasteiger partial charge in [-0.25, -0.2) is 0 Å². The van der Waals surface area contributed by atoms with E-state index in [1.54, 1.807) is 0 Å². The number of rotatable bonds is 4. The molecule has 0 radical (unpaired) electrons. The van der Waals surface area contributed by atoms with Crippen molar-refractivity contribution in [2.75, 3.05) is 32.6 Å². The zero-order valence-electron chi connectivity index (χ0n) is 9.98. The highest BCUT2D eigenvalue weighted by molar-refractivity contribution is 6.28. The van der Waals surface area contributed by atoms with Crippen molar-refractivity contribution in [3.8, 4) is 6.01 Å². The van der Waals surface area contributed by atoms with Crippen LogP contribution in [-0.4, -0.2) is 53.1 Å². The Labute approximate surface area is 105 Å². The maximum Gasteiger partial charge on any atom is 0.322 e. The molecule has 94 valence electrons. The summed E-state index contributed by atoms with van der Waals surface area (Å²) in [4.78, 5) is 14.2. The number of hydrogen-bond acceptors (Lipinski definition) is 6. The van der Waals surface area contributed by atoms with Crippen LogP contribution in [0.1, 0.15) is 12.8 Å². The van der Waals surface area contributed by atoms with Crippen LogP contribution in [0.15, 0.2) is 0 Å². The first kappa shape index (κ1) is 12.3. The molecule has 1 aromatic heterocycles. The molecule has 1 saturated heterocycles. The third-order valence-electron chi connectivity index (χ3n) is 2.94. The Balaban J connectivity index is 1.96. The lowest BCUT2D eigenvalue weighted by Gasteiger charge is -2.19. The van der Waals surface area contributed by atoms with Crippen molar-refractivity contribution in [3.05, 3.63) is 5.28 Å². The Morgan fingerprint density at radius 2 is 2.29 bits per heavy atom. The number of likely N-dealkylation sites (N-methyl/N-ethyl adjacent to an activating group) is 1. The number of halogens is 1. The lowest BCUT2D eigenvalue weighted by Crippen LogP contribution is -2.32. The summed E-state index contributed by atoms with van der Waals surface area (Å²) in [5.41, 5.74) is 0. The van der Waals surface area contributed by atoms with Gasteiger partial charge in [-0.3, -0.25) is 0 Å². The summed E-state index contributed by atoms with van der Waals surface area (Å²) in [6.07, 6.45) is 2.43. The molecule has 0 aliphatic carbocycles. The lowest BCUT2D eigenvalue weighted by molar-refractivity contribution is 0.321. The minimum absolute atomic E-state index is 0.138. The van der Waals surface area contributed by atoms with Crippen molar-refractivity contribution in [3.63, 3.8) is 0 Å². The molecule has 7 heteroatoms. The Kier molecular flexibility index (Phi) is 3.96. The molecule has 1 aliphatic rings. The topological polar surface area (TPSA) is 63.2 Å². The predicted octanol–water partition coefficient (Wildman–Crippen LogP) is 1.04. The van der Waals surface area contributed by atoms with E-state index in [0.29, 0.717) is 12.0 Å². The number of ether oxygens (including phenoxy) is 1. The molecular formula is C10H16ClN5O. The first-order valence-electron chi connectivity index (χ1n) is 5.58. The van der Waals surface area contributed by atoms with Crippen molar-refractivity contribution in [1.29, 1.82) is 0 Å². The number of hydrogen-bond donors (Lipinski definition) is 1. The first-order valence-corrected chi connectivity index (χ1v) is 5.96. The Hall–Kier alpha value is -1.14. The first-order chi connectivity index (χ1) is 8.19. The van der Waals surface area contributed by atoms with Gasteiger partial charge in [-0.1, -0.05) is 0 Å². The fourth-order valence-corrected chi connectivity index (χ4v) is 2.10. The summed E-state index contributed by atoms with van der Waals surface area (Å²) in [6.45, 7) is 1.95. The van der Waals surface area contributed by atoms with E-state index in [0.717, 1.165) is 13.1 Å². The molecule has 1 atom stereocenters. The normalized spacial score (nSPS) is 20.5. The van der Waals surface area contributed by atoms with E-state index in [2.05, 4.69) is 32.2 Å². The second-order valence-corrected chi connectivity index (χ2v) is 4.41. The molecule has 1 unspecified atom stereocenters. The molecule has 0 spiro atoms. The quantitative estimate of drug-likeness (QED) is 0.870. The second kappa shape index (κ2) is 5.46. The minimum atomic E-state index is 0.138. The summed E-state index contributed by atoms with van der Waals surface area (Å²) >= 11 is 5.76. The SMILES string of the molecule is COc1nc(Cl)nc(NCC2CCCN2C)n1. The van der Waals surface area contributed by atoms with Crippen molar-refractivity contribution in [2.45, 2.75) is 18.9 Å². The molecule has 2 rings (SSSR count). The zero-order valence-corrected chi connectivity index (χ0v) is 10.7. The number of likely N-dealkylation sites (tertiary alicyclic amines) is 1. The Bertz CT molecular complexity index is 389. The van der Waals surface area contributed by atoms with Gasteiger partial charge in [-0.05, 0) is 38.0 Å². The van der Waals surface area contributed by atoms with Crippen LogP contribution >= 0.6 is 11.6 Å². The highest BCUT2D eigenvalue weighted by Crippen LogP contribution is 2.16. The van der Waals surface area contributed by atoms with Gasteiger partial charge in [-0.15, -0.1) is 0 Å². The molecule has 0 aromatic carbocycles. The fourth-order valence-electron chi connectivity index (χ4n) is 1.95. The summed E-state index contributed by atoms with van der Waals surface area (Å²) in [5, 5.41) is 3.30. The maximum atomic E-state index is 5.76. The van der Waals surface area contributed by atoms with Crippen LogP contribution in [0.4, 0.5) is 5.95 Å². The average molecular weight is 258 g/mol. The van der Waals surface area contributed by atoms with Gasteiger partial charge in [-0.2, -0.15) is 15.0 Å². The molecule has 6 nitrogen and oxygen atoms in total. The lowest BCUT2D eigenvalue weighted by atomic mass is 10.2. The summed E-state index contributed by atoms with van der Waals surface area (Å²) in [7, 11) is 3.63. The van der Waals surface area contributed by atoms with Crippen LogP contribution in [0.3, 0.4) is 0 Å². The van der Waals surface area contributed by atoms with Gasteiger partial charge in [0.2, 0.25) is 11.2 Å². The van der Waals surface area contributed by atoms with Crippen LogP contribution in [0.5, 0.6) is 6.01 Å². The fraction of sp³-hybridized carbons (Fsp3) is 0.700. The molecule has 0 saturated carbocycles. The molecule has 1 N–H and O–H groups in total. The molecule has 1 fully saturated rings.